The Hall–Kier alpha value is -1.14. The van der Waals surface area contributed by atoms with Crippen LogP contribution >= 0.6 is 27.5 Å². The zero-order valence-electron chi connectivity index (χ0n) is 9.41. The average molecular weight is 317 g/mol. The van der Waals surface area contributed by atoms with E-state index in [1.807, 2.05) is 13.8 Å². The van der Waals surface area contributed by atoms with Crippen molar-refractivity contribution in [1.82, 2.24) is 19.7 Å². The summed E-state index contributed by atoms with van der Waals surface area (Å²) < 4.78 is 2.39. The summed E-state index contributed by atoms with van der Waals surface area (Å²) in [5, 5.41) is 7.94. The van der Waals surface area contributed by atoms with Gasteiger partial charge in [0.1, 0.15) is 0 Å². The van der Waals surface area contributed by atoms with Crippen molar-refractivity contribution < 1.29 is 0 Å². The second-order valence-corrected chi connectivity index (χ2v) is 4.66. The molecule has 0 radical (unpaired) electrons. The van der Waals surface area contributed by atoms with Gasteiger partial charge in [-0.2, -0.15) is 10.1 Å². The molecule has 0 spiro atoms. The van der Waals surface area contributed by atoms with Gasteiger partial charge in [-0.1, -0.05) is 11.6 Å². The molecule has 5 nitrogen and oxygen atoms in total. The first-order valence-electron chi connectivity index (χ1n) is 5.10. The molecule has 17 heavy (non-hydrogen) atoms. The Morgan fingerprint density at radius 3 is 2.88 bits per heavy atom. The fraction of sp³-hybridized carbons (Fsp3) is 0.300. The summed E-state index contributed by atoms with van der Waals surface area (Å²) in [5.41, 5.74) is 0.766. The van der Waals surface area contributed by atoms with Crippen molar-refractivity contribution in [2.24, 2.45) is 0 Å². The second-order valence-electron chi connectivity index (χ2n) is 3.40. The molecule has 2 heterocycles. The first kappa shape index (κ1) is 12.3. The molecule has 2 aromatic heterocycles. The number of nitrogens with zero attached hydrogens (tertiary/aromatic N) is 4. The molecule has 2 aromatic rings. The molecule has 0 aromatic carbocycles. The fourth-order valence-corrected chi connectivity index (χ4v) is 1.81. The lowest BCUT2D eigenvalue weighted by molar-refractivity contribution is 0.820. The molecule has 2 rings (SSSR count). The van der Waals surface area contributed by atoms with Crippen LogP contribution in [-0.2, 0) is 0 Å². The van der Waals surface area contributed by atoms with E-state index >= 15 is 0 Å². The molecule has 0 aliphatic heterocycles. The highest BCUT2D eigenvalue weighted by Crippen LogP contribution is 2.21. The predicted molar refractivity (Wildman–Crippen MR) is 70.8 cm³/mol. The van der Waals surface area contributed by atoms with Crippen LogP contribution in [0.3, 0.4) is 0 Å². The van der Waals surface area contributed by atoms with Crippen molar-refractivity contribution in [2.45, 2.75) is 13.8 Å². The molecule has 0 atom stereocenters. The Morgan fingerprint density at radius 2 is 2.29 bits per heavy atom. The summed E-state index contributed by atoms with van der Waals surface area (Å²) in [6, 6.07) is 0. The van der Waals surface area contributed by atoms with E-state index in [1.54, 1.807) is 17.1 Å². The summed E-state index contributed by atoms with van der Waals surface area (Å²) in [6.45, 7) is 4.60. The van der Waals surface area contributed by atoms with Crippen LogP contribution in [0.25, 0.3) is 5.82 Å². The lowest BCUT2D eigenvalue weighted by atomic mass is 10.5. The Bertz CT molecular complexity index is 520. The first-order valence-corrected chi connectivity index (χ1v) is 6.27. The molecule has 0 amide bonds. The van der Waals surface area contributed by atoms with Crippen molar-refractivity contribution in [3.8, 4) is 5.82 Å². The maximum Gasteiger partial charge on any atom is 0.224 e. The van der Waals surface area contributed by atoms with Crippen molar-refractivity contribution in [1.29, 1.82) is 0 Å². The number of nitrogens with one attached hydrogen (secondary N) is 1. The van der Waals surface area contributed by atoms with E-state index in [-0.39, 0.29) is 0 Å². The van der Waals surface area contributed by atoms with Crippen LogP contribution in [0.15, 0.2) is 16.9 Å². The Balaban J connectivity index is 2.46. The predicted octanol–water partition coefficient (Wildman–Crippen LogP) is 2.82. The maximum absolute atomic E-state index is 5.97. The molecule has 7 heteroatoms. The number of hydrogen-bond acceptors (Lipinski definition) is 4. The third-order valence-corrected chi connectivity index (χ3v) is 3.05. The van der Waals surface area contributed by atoms with Crippen LogP contribution in [0.1, 0.15) is 12.6 Å². The van der Waals surface area contributed by atoms with Crippen LogP contribution in [0.2, 0.25) is 5.02 Å². The van der Waals surface area contributed by atoms with E-state index in [9.17, 15) is 0 Å². The maximum atomic E-state index is 5.97. The number of anilines is 1. The Kier molecular flexibility index (Phi) is 3.63. The van der Waals surface area contributed by atoms with Crippen molar-refractivity contribution in [2.75, 3.05) is 11.9 Å². The molecule has 0 saturated carbocycles. The molecule has 0 bridgehead atoms. The normalized spacial score (nSPS) is 10.6. The highest BCUT2D eigenvalue weighted by atomic mass is 79.9. The lowest BCUT2D eigenvalue weighted by Crippen LogP contribution is -2.06. The zero-order chi connectivity index (χ0) is 12.4. The van der Waals surface area contributed by atoms with Crippen LogP contribution in [0.5, 0.6) is 0 Å². The van der Waals surface area contributed by atoms with Gasteiger partial charge in [0, 0.05) is 12.7 Å². The van der Waals surface area contributed by atoms with Crippen molar-refractivity contribution in [3.63, 3.8) is 0 Å². The van der Waals surface area contributed by atoms with E-state index in [4.69, 9.17) is 11.6 Å². The lowest BCUT2D eigenvalue weighted by Gasteiger charge is -2.06. The van der Waals surface area contributed by atoms with Crippen LogP contribution in [0, 0.1) is 6.92 Å². The van der Waals surface area contributed by atoms with Gasteiger partial charge < -0.3 is 5.32 Å². The minimum absolute atomic E-state index is 0.565. The Labute approximate surface area is 112 Å². The number of aromatic nitrogens is 4. The average Bonchev–Trinajstić information content (AvgIpc) is 2.62. The first-order chi connectivity index (χ1) is 8.11. The highest BCUT2D eigenvalue weighted by Gasteiger charge is 2.10. The van der Waals surface area contributed by atoms with Crippen LogP contribution < -0.4 is 5.32 Å². The van der Waals surface area contributed by atoms with E-state index in [0.717, 1.165) is 16.7 Å². The smallest absolute Gasteiger partial charge is 0.224 e. The minimum atomic E-state index is 0.565. The number of rotatable bonds is 3. The topological polar surface area (TPSA) is 55.6 Å². The second kappa shape index (κ2) is 5.01. The standard InChI is InChI=1S/C10H11BrClN5/c1-3-13-10-14-4-7(11)9(15-10)17-5-8(12)6(2)16-17/h4-5H,3H2,1-2H3,(H,13,14,15). The highest BCUT2D eigenvalue weighted by molar-refractivity contribution is 9.10. The van der Waals surface area contributed by atoms with Gasteiger partial charge in [0.2, 0.25) is 5.95 Å². The van der Waals surface area contributed by atoms with Crippen LogP contribution in [-0.4, -0.2) is 26.3 Å². The van der Waals surface area contributed by atoms with Gasteiger partial charge in [0.25, 0.3) is 0 Å². The van der Waals surface area contributed by atoms with Gasteiger partial charge in [0.05, 0.1) is 21.4 Å². The van der Waals surface area contributed by atoms with Gasteiger partial charge in [-0.05, 0) is 29.8 Å². The van der Waals surface area contributed by atoms with E-state index < -0.39 is 0 Å². The van der Waals surface area contributed by atoms with E-state index in [0.29, 0.717) is 16.8 Å². The number of aryl methyl sites for hydroxylation is 1. The van der Waals surface area contributed by atoms with Crippen LogP contribution in [0.4, 0.5) is 5.95 Å². The number of halogens is 2. The SMILES string of the molecule is CCNc1ncc(Br)c(-n2cc(Cl)c(C)n2)n1. The molecule has 0 aliphatic rings. The van der Waals surface area contributed by atoms with Gasteiger partial charge in [-0.25, -0.2) is 9.67 Å². The van der Waals surface area contributed by atoms with E-state index in [1.165, 1.54) is 0 Å². The van der Waals surface area contributed by atoms with Gasteiger partial charge in [-0.15, -0.1) is 0 Å². The summed E-state index contributed by atoms with van der Waals surface area (Å²) in [6.07, 6.45) is 3.41. The Morgan fingerprint density at radius 1 is 1.53 bits per heavy atom. The summed E-state index contributed by atoms with van der Waals surface area (Å²) >= 11 is 9.37. The largest absolute Gasteiger partial charge is 0.354 e. The number of hydrogen-bond donors (Lipinski definition) is 1. The molecular weight excluding hydrogens is 306 g/mol. The summed E-state index contributed by atoms with van der Waals surface area (Å²) in [7, 11) is 0. The fourth-order valence-electron chi connectivity index (χ4n) is 1.31. The van der Waals surface area contributed by atoms with Gasteiger partial charge in [-0.3, -0.25) is 0 Å². The third-order valence-electron chi connectivity index (χ3n) is 2.12. The monoisotopic (exact) mass is 315 g/mol. The summed E-state index contributed by atoms with van der Waals surface area (Å²) in [5.74, 6) is 1.22. The zero-order valence-corrected chi connectivity index (χ0v) is 11.7. The molecule has 90 valence electrons. The van der Waals surface area contributed by atoms with Crippen molar-refractivity contribution >= 4 is 33.5 Å². The third kappa shape index (κ3) is 2.58. The molecular formula is C10H11BrClN5. The van der Waals surface area contributed by atoms with Gasteiger partial charge in [0.15, 0.2) is 5.82 Å². The van der Waals surface area contributed by atoms with E-state index in [2.05, 4.69) is 36.3 Å². The molecule has 0 aliphatic carbocycles. The summed E-state index contributed by atoms with van der Waals surface area (Å²) in [4.78, 5) is 8.50. The molecule has 0 unspecified atom stereocenters. The quantitative estimate of drug-likeness (QED) is 0.946. The molecule has 1 N–H and O–H groups in total. The molecule has 0 fully saturated rings. The minimum Gasteiger partial charge on any atom is -0.354 e. The van der Waals surface area contributed by atoms with Crippen molar-refractivity contribution in [3.05, 3.63) is 27.6 Å². The molecule has 0 saturated heterocycles. The van der Waals surface area contributed by atoms with Gasteiger partial charge >= 0.3 is 0 Å².